The first kappa shape index (κ1) is 13.6. The second-order valence-corrected chi connectivity index (χ2v) is 5.55. The SMILES string of the molecule is CC(C)Nc1ncccc1C(=O)N1CCc2[nH]ncc2C1. The number of nitrogens with one attached hydrogen (secondary N) is 2. The summed E-state index contributed by atoms with van der Waals surface area (Å²) in [4.78, 5) is 18.9. The molecule has 2 aromatic rings. The second kappa shape index (κ2) is 5.55. The number of carbonyl (C=O) groups excluding carboxylic acids is 1. The summed E-state index contributed by atoms with van der Waals surface area (Å²) in [6, 6.07) is 3.85. The van der Waals surface area contributed by atoms with E-state index in [0.717, 1.165) is 17.7 Å². The van der Waals surface area contributed by atoms with Gasteiger partial charge in [0.1, 0.15) is 5.82 Å². The maximum Gasteiger partial charge on any atom is 0.257 e. The van der Waals surface area contributed by atoms with Crippen LogP contribution in [0.4, 0.5) is 5.82 Å². The number of carbonyl (C=O) groups is 1. The Morgan fingerprint density at radius 1 is 1.48 bits per heavy atom. The molecule has 0 aromatic carbocycles. The zero-order chi connectivity index (χ0) is 14.8. The number of anilines is 1. The van der Waals surface area contributed by atoms with Crippen molar-refractivity contribution in [2.75, 3.05) is 11.9 Å². The van der Waals surface area contributed by atoms with Crippen LogP contribution < -0.4 is 5.32 Å². The van der Waals surface area contributed by atoms with Gasteiger partial charge in [-0.25, -0.2) is 4.98 Å². The molecule has 1 aliphatic rings. The van der Waals surface area contributed by atoms with E-state index in [0.29, 0.717) is 24.5 Å². The lowest BCUT2D eigenvalue weighted by molar-refractivity contribution is 0.0735. The van der Waals surface area contributed by atoms with Gasteiger partial charge < -0.3 is 10.2 Å². The molecule has 0 fully saturated rings. The molecule has 110 valence electrons. The van der Waals surface area contributed by atoms with Crippen molar-refractivity contribution in [1.82, 2.24) is 20.1 Å². The van der Waals surface area contributed by atoms with E-state index in [2.05, 4.69) is 20.5 Å². The number of hydrogen-bond donors (Lipinski definition) is 2. The van der Waals surface area contributed by atoms with E-state index in [1.807, 2.05) is 24.8 Å². The van der Waals surface area contributed by atoms with Crippen molar-refractivity contribution in [3.8, 4) is 0 Å². The van der Waals surface area contributed by atoms with Crippen LogP contribution in [0.5, 0.6) is 0 Å². The molecule has 0 radical (unpaired) electrons. The van der Waals surface area contributed by atoms with Crippen LogP contribution in [-0.4, -0.2) is 38.6 Å². The van der Waals surface area contributed by atoms with Crippen molar-refractivity contribution in [1.29, 1.82) is 0 Å². The highest BCUT2D eigenvalue weighted by molar-refractivity contribution is 5.98. The number of hydrogen-bond acceptors (Lipinski definition) is 4. The van der Waals surface area contributed by atoms with Gasteiger partial charge in [-0.15, -0.1) is 0 Å². The second-order valence-electron chi connectivity index (χ2n) is 5.55. The number of pyridine rings is 1. The largest absolute Gasteiger partial charge is 0.367 e. The Morgan fingerprint density at radius 3 is 3.14 bits per heavy atom. The van der Waals surface area contributed by atoms with Crippen molar-refractivity contribution >= 4 is 11.7 Å². The number of fused-ring (bicyclic) bond motifs is 1. The zero-order valence-corrected chi connectivity index (χ0v) is 12.3. The number of rotatable bonds is 3. The zero-order valence-electron chi connectivity index (χ0n) is 12.3. The van der Waals surface area contributed by atoms with Crippen LogP contribution in [0.15, 0.2) is 24.5 Å². The van der Waals surface area contributed by atoms with Gasteiger partial charge in [-0.2, -0.15) is 5.10 Å². The molecule has 0 spiro atoms. The van der Waals surface area contributed by atoms with Gasteiger partial charge in [-0.05, 0) is 26.0 Å². The lowest BCUT2D eigenvalue weighted by Gasteiger charge is -2.27. The first-order valence-electron chi connectivity index (χ1n) is 7.17. The summed E-state index contributed by atoms with van der Waals surface area (Å²) in [6.45, 7) is 5.36. The van der Waals surface area contributed by atoms with E-state index >= 15 is 0 Å². The normalized spacial score (nSPS) is 14.1. The predicted molar refractivity (Wildman–Crippen MR) is 80.0 cm³/mol. The Bertz CT molecular complexity index is 649. The minimum atomic E-state index is 0.0121. The summed E-state index contributed by atoms with van der Waals surface area (Å²) < 4.78 is 0. The van der Waals surface area contributed by atoms with E-state index in [1.54, 1.807) is 18.5 Å². The number of aromatic amines is 1. The van der Waals surface area contributed by atoms with Crippen molar-refractivity contribution < 1.29 is 4.79 Å². The van der Waals surface area contributed by atoms with Gasteiger partial charge in [0.05, 0.1) is 11.8 Å². The summed E-state index contributed by atoms with van der Waals surface area (Å²) in [5.74, 6) is 0.661. The molecule has 1 aliphatic heterocycles. The topological polar surface area (TPSA) is 73.9 Å². The van der Waals surface area contributed by atoms with Crippen LogP contribution in [0.1, 0.15) is 35.5 Å². The first-order valence-corrected chi connectivity index (χ1v) is 7.17. The van der Waals surface area contributed by atoms with Crippen LogP contribution in [0.25, 0.3) is 0 Å². The van der Waals surface area contributed by atoms with E-state index in [4.69, 9.17) is 0 Å². The van der Waals surface area contributed by atoms with Crippen LogP contribution in [-0.2, 0) is 13.0 Å². The summed E-state index contributed by atoms with van der Waals surface area (Å²) >= 11 is 0. The van der Waals surface area contributed by atoms with Crippen LogP contribution in [0.3, 0.4) is 0 Å². The lowest BCUT2D eigenvalue weighted by atomic mass is 10.1. The molecule has 3 heterocycles. The third kappa shape index (κ3) is 2.74. The minimum Gasteiger partial charge on any atom is -0.367 e. The van der Waals surface area contributed by atoms with Gasteiger partial charge in [-0.3, -0.25) is 9.89 Å². The van der Waals surface area contributed by atoms with Crippen molar-refractivity contribution in [3.63, 3.8) is 0 Å². The van der Waals surface area contributed by atoms with Gasteiger partial charge in [0, 0.05) is 43.0 Å². The summed E-state index contributed by atoms with van der Waals surface area (Å²) in [5.41, 5.74) is 2.85. The quantitative estimate of drug-likeness (QED) is 0.902. The fraction of sp³-hybridized carbons (Fsp3) is 0.400. The number of nitrogens with zero attached hydrogens (tertiary/aromatic N) is 3. The molecule has 0 atom stereocenters. The van der Waals surface area contributed by atoms with Crippen LogP contribution in [0, 0.1) is 0 Å². The molecule has 0 unspecified atom stereocenters. The number of amides is 1. The van der Waals surface area contributed by atoms with Crippen LogP contribution >= 0.6 is 0 Å². The monoisotopic (exact) mass is 285 g/mol. The minimum absolute atomic E-state index is 0.0121. The average molecular weight is 285 g/mol. The molecule has 2 N–H and O–H groups in total. The molecule has 2 aromatic heterocycles. The van der Waals surface area contributed by atoms with E-state index in [1.165, 1.54) is 0 Å². The van der Waals surface area contributed by atoms with E-state index in [-0.39, 0.29) is 11.9 Å². The first-order chi connectivity index (χ1) is 10.1. The molecular weight excluding hydrogens is 266 g/mol. The van der Waals surface area contributed by atoms with E-state index in [9.17, 15) is 4.79 Å². The fourth-order valence-corrected chi connectivity index (χ4v) is 2.53. The smallest absolute Gasteiger partial charge is 0.257 e. The highest BCUT2D eigenvalue weighted by atomic mass is 16.2. The summed E-state index contributed by atoms with van der Waals surface area (Å²) in [7, 11) is 0. The molecule has 0 saturated heterocycles. The molecule has 0 saturated carbocycles. The van der Waals surface area contributed by atoms with Crippen LogP contribution in [0.2, 0.25) is 0 Å². The van der Waals surface area contributed by atoms with Gasteiger partial charge in [-0.1, -0.05) is 0 Å². The standard InChI is InChI=1S/C15H19N5O/c1-10(2)18-14-12(4-3-6-16-14)15(21)20-7-5-13-11(9-20)8-17-19-13/h3-4,6,8,10H,5,7,9H2,1-2H3,(H,16,18)(H,17,19). The molecule has 6 nitrogen and oxygen atoms in total. The van der Waals surface area contributed by atoms with Gasteiger partial charge in [0.2, 0.25) is 0 Å². The summed E-state index contributed by atoms with van der Waals surface area (Å²) in [5, 5.41) is 10.3. The maximum absolute atomic E-state index is 12.7. The summed E-state index contributed by atoms with van der Waals surface area (Å²) in [6.07, 6.45) is 4.31. The third-order valence-corrected chi connectivity index (χ3v) is 3.55. The van der Waals surface area contributed by atoms with Crippen molar-refractivity contribution in [2.45, 2.75) is 32.9 Å². The van der Waals surface area contributed by atoms with Crippen molar-refractivity contribution in [2.24, 2.45) is 0 Å². The predicted octanol–water partition coefficient (Wildman–Crippen LogP) is 1.82. The average Bonchev–Trinajstić information content (AvgIpc) is 2.94. The Morgan fingerprint density at radius 2 is 2.33 bits per heavy atom. The maximum atomic E-state index is 12.7. The highest BCUT2D eigenvalue weighted by Crippen LogP contribution is 2.21. The Balaban J connectivity index is 1.83. The number of H-pyrrole nitrogens is 1. The molecule has 6 heteroatoms. The fourth-order valence-electron chi connectivity index (χ4n) is 2.53. The highest BCUT2D eigenvalue weighted by Gasteiger charge is 2.25. The van der Waals surface area contributed by atoms with Gasteiger partial charge in [0.25, 0.3) is 5.91 Å². The molecule has 21 heavy (non-hydrogen) atoms. The molecule has 3 rings (SSSR count). The Hall–Kier alpha value is -2.37. The van der Waals surface area contributed by atoms with Gasteiger partial charge in [0.15, 0.2) is 0 Å². The Kier molecular flexibility index (Phi) is 3.60. The van der Waals surface area contributed by atoms with Gasteiger partial charge >= 0.3 is 0 Å². The number of aromatic nitrogens is 3. The third-order valence-electron chi connectivity index (χ3n) is 3.55. The Labute approximate surface area is 123 Å². The molecule has 1 amide bonds. The molecule has 0 bridgehead atoms. The van der Waals surface area contributed by atoms with Crippen molar-refractivity contribution in [3.05, 3.63) is 41.3 Å². The molecular formula is C15H19N5O. The molecule has 0 aliphatic carbocycles. The lowest BCUT2D eigenvalue weighted by Crippen LogP contribution is -2.36. The van der Waals surface area contributed by atoms with E-state index < -0.39 is 0 Å².